The van der Waals surface area contributed by atoms with Crippen molar-refractivity contribution in [3.05, 3.63) is 29.3 Å². The first-order valence-corrected chi connectivity index (χ1v) is 6.72. The smallest absolute Gasteiger partial charge is 0.0396 e. The molecule has 96 valence electrons. The molecule has 17 heavy (non-hydrogen) atoms. The summed E-state index contributed by atoms with van der Waals surface area (Å²) in [7, 11) is 1.99. The molecule has 0 atom stereocenters. The van der Waals surface area contributed by atoms with Crippen LogP contribution in [0.15, 0.2) is 18.2 Å². The van der Waals surface area contributed by atoms with E-state index in [9.17, 15) is 0 Å². The Morgan fingerprint density at radius 1 is 1.12 bits per heavy atom. The molecule has 0 unspecified atom stereocenters. The van der Waals surface area contributed by atoms with Crippen LogP contribution in [0.1, 0.15) is 37.8 Å². The molecule has 0 bridgehead atoms. The SMILES string of the molecule is CCCN(CCC)c1ccc(CNC)cc1C. The summed E-state index contributed by atoms with van der Waals surface area (Å²) in [5, 5.41) is 3.20. The van der Waals surface area contributed by atoms with Gasteiger partial charge < -0.3 is 10.2 Å². The number of hydrogen-bond donors (Lipinski definition) is 1. The predicted octanol–water partition coefficient (Wildman–Crippen LogP) is 3.34. The third kappa shape index (κ3) is 4.04. The Hall–Kier alpha value is -1.02. The van der Waals surface area contributed by atoms with E-state index in [0.717, 1.165) is 19.6 Å². The van der Waals surface area contributed by atoms with Gasteiger partial charge in [-0.2, -0.15) is 0 Å². The monoisotopic (exact) mass is 234 g/mol. The van der Waals surface area contributed by atoms with Gasteiger partial charge in [-0.05, 0) is 44.0 Å². The molecule has 2 nitrogen and oxygen atoms in total. The number of nitrogens with one attached hydrogen (secondary N) is 1. The molecule has 1 N–H and O–H groups in total. The zero-order valence-electron chi connectivity index (χ0n) is 11.7. The maximum Gasteiger partial charge on any atom is 0.0396 e. The highest BCUT2D eigenvalue weighted by Crippen LogP contribution is 2.22. The molecule has 0 radical (unpaired) electrons. The van der Waals surface area contributed by atoms with Crippen molar-refractivity contribution < 1.29 is 0 Å². The summed E-state index contributed by atoms with van der Waals surface area (Å²) in [5.41, 5.74) is 4.15. The van der Waals surface area contributed by atoms with Crippen LogP contribution in [0, 0.1) is 6.92 Å². The number of anilines is 1. The first kappa shape index (κ1) is 14.0. The molecule has 0 aliphatic carbocycles. The Balaban J connectivity index is 2.87. The molecular formula is C15H26N2. The summed E-state index contributed by atoms with van der Waals surface area (Å²) in [5.74, 6) is 0. The van der Waals surface area contributed by atoms with Crippen LogP contribution in [0.4, 0.5) is 5.69 Å². The molecule has 1 rings (SSSR count). The fourth-order valence-electron chi connectivity index (χ4n) is 2.28. The van der Waals surface area contributed by atoms with Gasteiger partial charge in [0.1, 0.15) is 0 Å². The molecule has 0 spiro atoms. The summed E-state index contributed by atoms with van der Waals surface area (Å²) in [6.45, 7) is 9.95. The van der Waals surface area contributed by atoms with Gasteiger partial charge in [0.2, 0.25) is 0 Å². The van der Waals surface area contributed by atoms with Crippen molar-refractivity contribution in [1.82, 2.24) is 5.32 Å². The third-order valence-electron chi connectivity index (χ3n) is 2.97. The van der Waals surface area contributed by atoms with Gasteiger partial charge in [-0.3, -0.25) is 0 Å². The highest BCUT2D eigenvalue weighted by molar-refractivity contribution is 5.54. The molecule has 0 aliphatic heterocycles. The third-order valence-corrected chi connectivity index (χ3v) is 2.97. The number of rotatable bonds is 7. The average molecular weight is 234 g/mol. The lowest BCUT2D eigenvalue weighted by Crippen LogP contribution is -2.25. The molecule has 0 fully saturated rings. The van der Waals surface area contributed by atoms with Crippen LogP contribution in [-0.4, -0.2) is 20.1 Å². The van der Waals surface area contributed by atoms with Gasteiger partial charge in [-0.25, -0.2) is 0 Å². The second-order valence-corrected chi connectivity index (χ2v) is 4.64. The molecule has 0 amide bonds. The molecule has 0 aromatic heterocycles. The lowest BCUT2D eigenvalue weighted by molar-refractivity contribution is 0.741. The summed E-state index contributed by atoms with van der Waals surface area (Å²) >= 11 is 0. The highest BCUT2D eigenvalue weighted by atomic mass is 15.1. The van der Waals surface area contributed by atoms with E-state index in [1.54, 1.807) is 0 Å². The zero-order chi connectivity index (χ0) is 12.7. The van der Waals surface area contributed by atoms with Gasteiger partial charge in [0.15, 0.2) is 0 Å². The van der Waals surface area contributed by atoms with Gasteiger partial charge in [0, 0.05) is 25.3 Å². The van der Waals surface area contributed by atoms with Crippen molar-refractivity contribution in [2.24, 2.45) is 0 Å². The summed E-state index contributed by atoms with van der Waals surface area (Å²) in [4.78, 5) is 2.50. The Kier molecular flexibility index (Phi) is 6.06. The molecular weight excluding hydrogens is 208 g/mol. The van der Waals surface area contributed by atoms with Crippen molar-refractivity contribution in [2.75, 3.05) is 25.0 Å². The summed E-state index contributed by atoms with van der Waals surface area (Å²) < 4.78 is 0. The first-order chi connectivity index (χ1) is 8.22. The van der Waals surface area contributed by atoms with Crippen LogP contribution >= 0.6 is 0 Å². The standard InChI is InChI=1S/C15H26N2/c1-5-9-17(10-6-2)15-8-7-14(12-16-4)11-13(15)3/h7-8,11,16H,5-6,9-10,12H2,1-4H3. The highest BCUT2D eigenvalue weighted by Gasteiger charge is 2.07. The number of nitrogens with zero attached hydrogens (tertiary/aromatic N) is 1. The van der Waals surface area contributed by atoms with Gasteiger partial charge >= 0.3 is 0 Å². The van der Waals surface area contributed by atoms with Crippen LogP contribution in [0.25, 0.3) is 0 Å². The van der Waals surface area contributed by atoms with Crippen molar-refractivity contribution in [3.63, 3.8) is 0 Å². The molecule has 0 heterocycles. The molecule has 0 aliphatic rings. The van der Waals surface area contributed by atoms with E-state index in [4.69, 9.17) is 0 Å². The molecule has 0 saturated heterocycles. The van der Waals surface area contributed by atoms with Crippen LogP contribution in [0.5, 0.6) is 0 Å². The van der Waals surface area contributed by atoms with Gasteiger partial charge in [-0.1, -0.05) is 26.0 Å². The number of benzene rings is 1. The van der Waals surface area contributed by atoms with E-state index in [0.29, 0.717) is 0 Å². The minimum atomic E-state index is 0.947. The lowest BCUT2D eigenvalue weighted by Gasteiger charge is -2.26. The van der Waals surface area contributed by atoms with Gasteiger partial charge in [-0.15, -0.1) is 0 Å². The van der Waals surface area contributed by atoms with E-state index in [-0.39, 0.29) is 0 Å². The van der Waals surface area contributed by atoms with Crippen LogP contribution in [-0.2, 0) is 6.54 Å². The Morgan fingerprint density at radius 2 is 1.76 bits per heavy atom. The maximum atomic E-state index is 3.20. The fourth-order valence-corrected chi connectivity index (χ4v) is 2.28. The van der Waals surface area contributed by atoms with Gasteiger partial charge in [0.05, 0.1) is 0 Å². The lowest BCUT2D eigenvalue weighted by atomic mass is 10.1. The molecule has 0 saturated carbocycles. The number of hydrogen-bond acceptors (Lipinski definition) is 2. The Labute approximate surface area is 106 Å². The van der Waals surface area contributed by atoms with Crippen LogP contribution in [0.3, 0.4) is 0 Å². The van der Waals surface area contributed by atoms with Gasteiger partial charge in [0.25, 0.3) is 0 Å². The number of aryl methyl sites for hydroxylation is 1. The quantitative estimate of drug-likeness (QED) is 0.778. The van der Waals surface area contributed by atoms with E-state index < -0.39 is 0 Å². The van der Waals surface area contributed by atoms with Crippen LogP contribution in [0.2, 0.25) is 0 Å². The summed E-state index contributed by atoms with van der Waals surface area (Å²) in [6, 6.07) is 6.80. The summed E-state index contributed by atoms with van der Waals surface area (Å²) in [6.07, 6.45) is 2.41. The molecule has 1 aromatic carbocycles. The van der Waals surface area contributed by atoms with Crippen molar-refractivity contribution >= 4 is 5.69 Å². The molecule has 1 aromatic rings. The Morgan fingerprint density at radius 3 is 2.24 bits per heavy atom. The average Bonchev–Trinajstić information content (AvgIpc) is 2.29. The zero-order valence-corrected chi connectivity index (χ0v) is 11.7. The van der Waals surface area contributed by atoms with E-state index in [1.807, 2.05) is 7.05 Å². The van der Waals surface area contributed by atoms with Crippen molar-refractivity contribution in [2.45, 2.75) is 40.2 Å². The Bertz CT molecular complexity index is 328. The first-order valence-electron chi connectivity index (χ1n) is 6.72. The maximum absolute atomic E-state index is 3.20. The second-order valence-electron chi connectivity index (χ2n) is 4.64. The van der Waals surface area contributed by atoms with Crippen LogP contribution < -0.4 is 10.2 Å². The fraction of sp³-hybridized carbons (Fsp3) is 0.600. The predicted molar refractivity (Wildman–Crippen MR) is 76.7 cm³/mol. The minimum Gasteiger partial charge on any atom is -0.371 e. The van der Waals surface area contributed by atoms with E-state index in [1.165, 1.54) is 29.7 Å². The second kappa shape index (κ2) is 7.33. The topological polar surface area (TPSA) is 15.3 Å². The molecule has 2 heteroatoms. The normalized spacial score (nSPS) is 10.6. The van der Waals surface area contributed by atoms with E-state index in [2.05, 4.69) is 49.2 Å². The minimum absolute atomic E-state index is 0.947. The van der Waals surface area contributed by atoms with Crippen molar-refractivity contribution in [1.29, 1.82) is 0 Å². The largest absolute Gasteiger partial charge is 0.371 e. The van der Waals surface area contributed by atoms with E-state index >= 15 is 0 Å². The van der Waals surface area contributed by atoms with Crippen molar-refractivity contribution in [3.8, 4) is 0 Å².